The summed E-state index contributed by atoms with van der Waals surface area (Å²) in [4.78, 5) is 30.7. The highest BCUT2D eigenvalue weighted by Gasteiger charge is 2.31. The van der Waals surface area contributed by atoms with Crippen LogP contribution in [0.3, 0.4) is 0 Å². The molecule has 1 aromatic carbocycles. The van der Waals surface area contributed by atoms with Crippen molar-refractivity contribution in [1.29, 1.82) is 0 Å². The molecule has 0 atom stereocenters. The van der Waals surface area contributed by atoms with Gasteiger partial charge >= 0.3 is 0 Å². The van der Waals surface area contributed by atoms with Gasteiger partial charge in [0.25, 0.3) is 11.8 Å². The second kappa shape index (κ2) is 12.3. The number of anilines is 1. The van der Waals surface area contributed by atoms with E-state index in [9.17, 15) is 18.0 Å². The van der Waals surface area contributed by atoms with E-state index < -0.39 is 15.9 Å². The maximum atomic E-state index is 13.8. The summed E-state index contributed by atoms with van der Waals surface area (Å²) in [7, 11) is -3.65. The van der Waals surface area contributed by atoms with Crippen molar-refractivity contribution in [3.05, 3.63) is 63.3 Å². The maximum Gasteiger partial charge on any atom is 0.281 e. The molecule has 0 saturated heterocycles. The average Bonchev–Trinajstić information content (AvgIpc) is 3.45. The third-order valence-corrected chi connectivity index (χ3v) is 10.2. The van der Waals surface area contributed by atoms with Gasteiger partial charge < -0.3 is 5.32 Å². The molecule has 1 N–H and O–H groups in total. The molecule has 1 amide bonds. The van der Waals surface area contributed by atoms with Gasteiger partial charge in [-0.2, -0.15) is 9.40 Å². The largest absolute Gasteiger partial charge is 0.313 e. The number of carbonyl (C=O) groups excluding carboxylic acids is 2. The van der Waals surface area contributed by atoms with Gasteiger partial charge in [0.15, 0.2) is 0 Å². The number of aryl methyl sites for hydroxylation is 2. The Morgan fingerprint density at radius 1 is 1.10 bits per heavy atom. The molecule has 9 nitrogen and oxygen atoms in total. The van der Waals surface area contributed by atoms with Crippen molar-refractivity contribution in [1.82, 2.24) is 19.0 Å². The number of thiophene rings is 1. The molecule has 11 heteroatoms. The first-order valence-electron chi connectivity index (χ1n) is 13.9. The second-order valence-corrected chi connectivity index (χ2v) is 13.6. The molecule has 216 valence electrons. The summed E-state index contributed by atoms with van der Waals surface area (Å²) in [5.41, 5.74) is 3.24. The third kappa shape index (κ3) is 6.07. The molecule has 0 fully saturated rings. The van der Waals surface area contributed by atoms with Crippen molar-refractivity contribution in [3.8, 4) is 0 Å². The van der Waals surface area contributed by atoms with Gasteiger partial charge in [0.05, 0.1) is 16.2 Å². The number of nitrogens with zero attached hydrogens (tertiary/aromatic N) is 4. The highest BCUT2D eigenvalue weighted by atomic mass is 32.2. The summed E-state index contributed by atoms with van der Waals surface area (Å²) < 4.78 is 29.1. The van der Waals surface area contributed by atoms with Crippen LogP contribution in [0.1, 0.15) is 83.1 Å². The quantitative estimate of drug-likeness (QED) is 0.356. The molecule has 1 aliphatic rings. The van der Waals surface area contributed by atoms with Gasteiger partial charge in [0, 0.05) is 48.4 Å². The van der Waals surface area contributed by atoms with Crippen molar-refractivity contribution in [2.45, 2.75) is 78.3 Å². The summed E-state index contributed by atoms with van der Waals surface area (Å²) in [5.74, 6) is -0.658. The highest BCUT2D eigenvalue weighted by molar-refractivity contribution is 7.89. The fourth-order valence-corrected chi connectivity index (χ4v) is 7.96. The predicted molar refractivity (Wildman–Crippen MR) is 159 cm³/mol. The van der Waals surface area contributed by atoms with Crippen molar-refractivity contribution >= 4 is 38.2 Å². The van der Waals surface area contributed by atoms with Crippen LogP contribution >= 0.6 is 11.3 Å². The molecular formula is C29H39N5O4S2. The number of aromatic nitrogens is 2. The van der Waals surface area contributed by atoms with Crippen molar-refractivity contribution in [2.75, 3.05) is 25.0 Å². The lowest BCUT2D eigenvalue weighted by Crippen LogP contribution is -2.35. The Balaban J connectivity index is 1.65. The molecule has 4 rings (SSSR count). The number of benzene rings is 1. The molecule has 0 spiro atoms. The van der Waals surface area contributed by atoms with E-state index >= 15 is 0 Å². The minimum absolute atomic E-state index is 0.159. The fourth-order valence-electron chi connectivity index (χ4n) is 5.07. The third-order valence-electron chi connectivity index (χ3n) is 7.16. The second-order valence-electron chi connectivity index (χ2n) is 10.5. The van der Waals surface area contributed by atoms with Gasteiger partial charge in [-0.3, -0.25) is 14.5 Å². The Labute approximate surface area is 241 Å². The molecule has 2 aromatic heterocycles. The lowest BCUT2D eigenvalue weighted by Gasteiger charge is -2.30. The lowest BCUT2D eigenvalue weighted by atomic mass is 10.0. The summed E-state index contributed by atoms with van der Waals surface area (Å²) in [6.45, 7) is 14.3. The summed E-state index contributed by atoms with van der Waals surface area (Å²) in [6.07, 6.45) is 2.15. The van der Waals surface area contributed by atoms with Crippen molar-refractivity contribution in [3.63, 3.8) is 0 Å². The van der Waals surface area contributed by atoms with Crippen LogP contribution in [0.25, 0.3) is 0 Å². The summed E-state index contributed by atoms with van der Waals surface area (Å²) in [5, 5.41) is 7.86. The van der Waals surface area contributed by atoms with E-state index in [-0.39, 0.29) is 10.8 Å². The van der Waals surface area contributed by atoms with Crippen LogP contribution in [0, 0.1) is 13.8 Å². The summed E-state index contributed by atoms with van der Waals surface area (Å²) >= 11 is 1.43. The zero-order valence-corrected chi connectivity index (χ0v) is 25.8. The standard InChI is InChI=1S/C29H39N5O4S2/c1-7-14-33(15-8-2)40(37,38)23-11-9-22(10-12-23)27(35)30-28-26(29(36)34-21(6)17-20(5)31-34)24-13-16-32(19(3)4)18-25(24)39-28/h9-12,17,19H,7-8,13-16,18H2,1-6H3,(H,30,35). The number of fused-ring (bicyclic) bond motifs is 1. The molecule has 3 heterocycles. The fraction of sp³-hybridized carbons (Fsp3) is 0.483. The first-order chi connectivity index (χ1) is 19.0. The Bertz CT molecular complexity index is 1480. The van der Waals surface area contributed by atoms with E-state index in [1.807, 2.05) is 33.8 Å². The van der Waals surface area contributed by atoms with Crippen LogP contribution in [-0.4, -0.2) is 64.9 Å². The minimum Gasteiger partial charge on any atom is -0.313 e. The van der Waals surface area contributed by atoms with Gasteiger partial charge in [-0.25, -0.2) is 13.1 Å². The lowest BCUT2D eigenvalue weighted by molar-refractivity contribution is 0.0941. The van der Waals surface area contributed by atoms with Crippen LogP contribution in [0.5, 0.6) is 0 Å². The first kappa shape index (κ1) is 30.1. The Morgan fingerprint density at radius 3 is 2.30 bits per heavy atom. The number of sulfonamides is 1. The van der Waals surface area contributed by atoms with Gasteiger partial charge in [0.1, 0.15) is 5.00 Å². The van der Waals surface area contributed by atoms with Gasteiger partial charge in [-0.1, -0.05) is 13.8 Å². The van der Waals surface area contributed by atoms with E-state index in [4.69, 9.17) is 0 Å². The van der Waals surface area contributed by atoms with Crippen LogP contribution in [0.2, 0.25) is 0 Å². The molecule has 0 radical (unpaired) electrons. The maximum absolute atomic E-state index is 13.8. The van der Waals surface area contributed by atoms with E-state index in [1.54, 1.807) is 0 Å². The topological polar surface area (TPSA) is 105 Å². The van der Waals surface area contributed by atoms with Crippen LogP contribution in [-0.2, 0) is 23.0 Å². The highest BCUT2D eigenvalue weighted by Crippen LogP contribution is 2.38. The molecule has 0 aliphatic carbocycles. The number of hydrogen-bond acceptors (Lipinski definition) is 7. The average molecular weight is 586 g/mol. The number of hydrogen-bond donors (Lipinski definition) is 1. The molecule has 0 unspecified atom stereocenters. The molecule has 0 saturated carbocycles. The van der Waals surface area contributed by atoms with Gasteiger partial charge in [-0.15, -0.1) is 11.3 Å². The predicted octanol–water partition coefficient (Wildman–Crippen LogP) is 5.08. The molecule has 40 heavy (non-hydrogen) atoms. The van der Waals surface area contributed by atoms with Gasteiger partial charge in [0.2, 0.25) is 10.0 Å². The van der Waals surface area contributed by atoms with E-state index in [0.29, 0.717) is 48.2 Å². The number of rotatable bonds is 10. The Hall–Kier alpha value is -2.86. The zero-order valence-electron chi connectivity index (χ0n) is 24.2. The van der Waals surface area contributed by atoms with E-state index in [0.717, 1.165) is 41.2 Å². The minimum atomic E-state index is -3.65. The number of amides is 1. The van der Waals surface area contributed by atoms with Crippen molar-refractivity contribution in [2.24, 2.45) is 0 Å². The monoisotopic (exact) mass is 585 g/mol. The van der Waals surface area contributed by atoms with Crippen LogP contribution in [0.15, 0.2) is 35.2 Å². The number of nitrogens with one attached hydrogen (secondary N) is 1. The zero-order chi connectivity index (χ0) is 29.2. The molecule has 0 bridgehead atoms. The molecule has 3 aromatic rings. The van der Waals surface area contributed by atoms with Crippen LogP contribution in [0.4, 0.5) is 5.00 Å². The number of carbonyl (C=O) groups is 2. The normalized spacial score (nSPS) is 14.1. The summed E-state index contributed by atoms with van der Waals surface area (Å²) in [6, 6.07) is 8.22. The van der Waals surface area contributed by atoms with Crippen LogP contribution < -0.4 is 5.32 Å². The van der Waals surface area contributed by atoms with E-state index in [1.165, 1.54) is 44.6 Å². The molecule has 1 aliphatic heterocycles. The first-order valence-corrected chi connectivity index (χ1v) is 16.1. The van der Waals surface area contributed by atoms with Gasteiger partial charge in [-0.05, 0) is 82.9 Å². The smallest absolute Gasteiger partial charge is 0.281 e. The SMILES string of the molecule is CCCN(CCC)S(=O)(=O)c1ccc(C(=O)Nc2sc3c(c2C(=O)n2nc(C)cc2C)CCN(C(C)C)C3)cc1. The Morgan fingerprint density at radius 2 is 1.75 bits per heavy atom. The Kier molecular flexibility index (Phi) is 9.29. The van der Waals surface area contributed by atoms with E-state index in [2.05, 4.69) is 29.2 Å². The van der Waals surface area contributed by atoms with Crippen molar-refractivity contribution < 1.29 is 18.0 Å². The molecular weight excluding hydrogens is 546 g/mol.